The van der Waals surface area contributed by atoms with Gasteiger partial charge in [0.1, 0.15) is 0 Å². The fourth-order valence-electron chi connectivity index (χ4n) is 3.19. The summed E-state index contributed by atoms with van der Waals surface area (Å²) in [5, 5.41) is 0. The lowest BCUT2D eigenvalue weighted by molar-refractivity contribution is 0.149. The van der Waals surface area contributed by atoms with Crippen LogP contribution in [0, 0.1) is 17.3 Å². The largest absolute Gasteiger partial charge is 0.0836 e. The minimum atomic E-state index is 0.486. The van der Waals surface area contributed by atoms with Crippen molar-refractivity contribution in [3.8, 4) is 0 Å². The van der Waals surface area contributed by atoms with E-state index in [4.69, 9.17) is 0 Å². The van der Waals surface area contributed by atoms with Gasteiger partial charge in [0, 0.05) is 4.83 Å². The van der Waals surface area contributed by atoms with Crippen LogP contribution in [0.2, 0.25) is 0 Å². The second-order valence-corrected chi connectivity index (χ2v) is 7.78. The topological polar surface area (TPSA) is 0 Å². The average molecular weight is 309 g/mol. The van der Waals surface area contributed by atoms with Crippen LogP contribution < -0.4 is 0 Å². The lowest BCUT2D eigenvalue weighted by Crippen LogP contribution is -2.27. The molecule has 1 aromatic carbocycles. The summed E-state index contributed by atoms with van der Waals surface area (Å²) in [5.74, 6) is 1.72. The summed E-state index contributed by atoms with van der Waals surface area (Å²) in [6.07, 6.45) is 5.52. The van der Waals surface area contributed by atoms with Crippen molar-refractivity contribution in [1.82, 2.24) is 0 Å². The number of halogens is 1. The summed E-state index contributed by atoms with van der Waals surface area (Å²) in [7, 11) is 0. The molecule has 0 heterocycles. The predicted octanol–water partition coefficient (Wildman–Crippen LogP) is 5.98. The molecule has 0 aliphatic heterocycles. The van der Waals surface area contributed by atoms with Gasteiger partial charge in [-0.3, -0.25) is 0 Å². The van der Waals surface area contributed by atoms with E-state index in [1.54, 1.807) is 0 Å². The summed E-state index contributed by atoms with van der Waals surface area (Å²) in [5.41, 5.74) is 1.93. The fourth-order valence-corrected chi connectivity index (χ4v) is 4.02. The third kappa shape index (κ3) is 3.38. The van der Waals surface area contributed by atoms with Crippen molar-refractivity contribution >= 4 is 15.9 Å². The van der Waals surface area contributed by atoms with E-state index in [0.717, 1.165) is 11.8 Å². The van der Waals surface area contributed by atoms with Gasteiger partial charge < -0.3 is 0 Å². The smallest absolute Gasteiger partial charge is 0.0423 e. The Morgan fingerprint density at radius 2 is 1.56 bits per heavy atom. The Morgan fingerprint density at radius 1 is 1.00 bits per heavy atom. The summed E-state index contributed by atoms with van der Waals surface area (Å²) in [4.78, 5) is 0.541. The molecule has 0 aromatic heterocycles. The van der Waals surface area contributed by atoms with Crippen LogP contribution >= 0.6 is 15.9 Å². The summed E-state index contributed by atoms with van der Waals surface area (Å²) in [6.45, 7) is 7.17. The Morgan fingerprint density at radius 3 is 2.06 bits per heavy atom. The maximum Gasteiger partial charge on any atom is 0.0423 e. The van der Waals surface area contributed by atoms with Gasteiger partial charge >= 0.3 is 0 Å². The van der Waals surface area contributed by atoms with Crippen molar-refractivity contribution < 1.29 is 0 Å². The van der Waals surface area contributed by atoms with E-state index in [9.17, 15) is 0 Å². The standard InChI is InChI=1S/C17H25Br/c1-17(2,3)15-11-9-14(10-12-15)16(18)13-7-5-4-6-8-13/h4-8,14-16H,9-12H2,1-3H3. The van der Waals surface area contributed by atoms with Gasteiger partial charge in [-0.25, -0.2) is 0 Å². The number of benzene rings is 1. The third-order valence-electron chi connectivity index (χ3n) is 4.53. The van der Waals surface area contributed by atoms with Gasteiger partial charge in [-0.2, -0.15) is 0 Å². The van der Waals surface area contributed by atoms with Gasteiger partial charge in [0.05, 0.1) is 0 Å². The van der Waals surface area contributed by atoms with E-state index in [1.807, 2.05) is 0 Å². The first-order valence-corrected chi connectivity index (χ1v) is 8.09. The van der Waals surface area contributed by atoms with Crippen LogP contribution in [0.1, 0.15) is 56.8 Å². The van der Waals surface area contributed by atoms with Crippen LogP contribution in [-0.4, -0.2) is 0 Å². The highest BCUT2D eigenvalue weighted by Crippen LogP contribution is 2.45. The molecule has 0 spiro atoms. The Bertz CT molecular complexity index is 355. The molecule has 1 aromatic rings. The molecule has 0 amide bonds. The Hall–Kier alpha value is -0.300. The molecule has 0 bridgehead atoms. The SMILES string of the molecule is CC(C)(C)C1CCC(C(Br)c2ccccc2)CC1. The zero-order valence-corrected chi connectivity index (χ0v) is 13.4. The van der Waals surface area contributed by atoms with E-state index in [2.05, 4.69) is 67.0 Å². The maximum absolute atomic E-state index is 3.92. The van der Waals surface area contributed by atoms with Crippen LogP contribution in [0.25, 0.3) is 0 Å². The van der Waals surface area contributed by atoms with Crippen molar-refractivity contribution in [2.75, 3.05) is 0 Å². The minimum Gasteiger partial charge on any atom is -0.0836 e. The quantitative estimate of drug-likeness (QED) is 0.590. The fraction of sp³-hybridized carbons (Fsp3) is 0.647. The van der Waals surface area contributed by atoms with Crippen molar-refractivity contribution in [1.29, 1.82) is 0 Å². The van der Waals surface area contributed by atoms with Gasteiger partial charge in [-0.15, -0.1) is 0 Å². The molecule has 0 saturated heterocycles. The zero-order chi connectivity index (χ0) is 13.2. The molecule has 1 aliphatic rings. The second kappa shape index (κ2) is 5.77. The molecule has 18 heavy (non-hydrogen) atoms. The van der Waals surface area contributed by atoms with Gasteiger partial charge in [-0.05, 0) is 48.5 Å². The van der Waals surface area contributed by atoms with Gasteiger partial charge in [0.2, 0.25) is 0 Å². The van der Waals surface area contributed by atoms with Crippen LogP contribution in [0.5, 0.6) is 0 Å². The highest BCUT2D eigenvalue weighted by atomic mass is 79.9. The number of alkyl halides is 1. The number of hydrogen-bond acceptors (Lipinski definition) is 0. The van der Waals surface area contributed by atoms with Crippen LogP contribution in [0.4, 0.5) is 0 Å². The molecule has 1 fully saturated rings. The molecule has 1 saturated carbocycles. The molecule has 1 atom stereocenters. The molecule has 1 heteroatoms. The van der Waals surface area contributed by atoms with E-state index in [1.165, 1.54) is 31.2 Å². The van der Waals surface area contributed by atoms with E-state index < -0.39 is 0 Å². The highest BCUT2D eigenvalue weighted by Gasteiger charge is 2.32. The third-order valence-corrected chi connectivity index (χ3v) is 5.80. The van der Waals surface area contributed by atoms with Crippen LogP contribution in [-0.2, 0) is 0 Å². The second-order valence-electron chi connectivity index (χ2n) is 6.79. The maximum atomic E-state index is 3.92. The Balaban J connectivity index is 1.94. The summed E-state index contributed by atoms with van der Waals surface area (Å²) in [6, 6.07) is 10.9. The molecular formula is C17H25Br. The first-order chi connectivity index (χ1) is 8.48. The number of hydrogen-bond donors (Lipinski definition) is 0. The predicted molar refractivity (Wildman–Crippen MR) is 83.0 cm³/mol. The molecule has 1 aliphatic carbocycles. The normalized spacial score (nSPS) is 26.9. The molecule has 1 unspecified atom stereocenters. The monoisotopic (exact) mass is 308 g/mol. The van der Waals surface area contributed by atoms with Gasteiger partial charge in [0.25, 0.3) is 0 Å². The molecule has 2 rings (SSSR count). The first-order valence-electron chi connectivity index (χ1n) is 7.17. The summed E-state index contributed by atoms with van der Waals surface area (Å²) >= 11 is 3.92. The van der Waals surface area contributed by atoms with Crippen LogP contribution in [0.15, 0.2) is 30.3 Å². The van der Waals surface area contributed by atoms with Crippen molar-refractivity contribution in [2.24, 2.45) is 17.3 Å². The zero-order valence-electron chi connectivity index (χ0n) is 11.8. The average Bonchev–Trinajstić information content (AvgIpc) is 2.38. The van der Waals surface area contributed by atoms with E-state index in [-0.39, 0.29) is 0 Å². The van der Waals surface area contributed by atoms with Crippen molar-refractivity contribution in [3.05, 3.63) is 35.9 Å². The molecular weight excluding hydrogens is 284 g/mol. The Labute approximate surface area is 120 Å². The molecule has 100 valence electrons. The van der Waals surface area contributed by atoms with Crippen LogP contribution in [0.3, 0.4) is 0 Å². The molecule has 0 N–H and O–H groups in total. The Kier molecular flexibility index (Phi) is 4.53. The van der Waals surface area contributed by atoms with E-state index in [0.29, 0.717) is 10.2 Å². The lowest BCUT2D eigenvalue weighted by Gasteiger charge is -2.38. The van der Waals surface area contributed by atoms with Gasteiger partial charge in [0.15, 0.2) is 0 Å². The van der Waals surface area contributed by atoms with Gasteiger partial charge in [-0.1, -0.05) is 67.0 Å². The lowest BCUT2D eigenvalue weighted by atomic mass is 9.69. The van der Waals surface area contributed by atoms with E-state index >= 15 is 0 Å². The number of rotatable bonds is 2. The van der Waals surface area contributed by atoms with Crippen molar-refractivity contribution in [3.63, 3.8) is 0 Å². The molecule has 0 radical (unpaired) electrons. The summed E-state index contributed by atoms with van der Waals surface area (Å²) < 4.78 is 0. The molecule has 0 nitrogen and oxygen atoms in total. The minimum absolute atomic E-state index is 0.486. The first kappa shape index (κ1) is 14.1. The highest BCUT2D eigenvalue weighted by molar-refractivity contribution is 9.09. The van der Waals surface area contributed by atoms with Crippen molar-refractivity contribution in [2.45, 2.75) is 51.3 Å².